The van der Waals surface area contributed by atoms with Crippen molar-refractivity contribution in [3.63, 3.8) is 0 Å². The van der Waals surface area contributed by atoms with E-state index in [9.17, 15) is 13.2 Å². The van der Waals surface area contributed by atoms with Crippen molar-refractivity contribution in [2.45, 2.75) is 25.1 Å². The lowest BCUT2D eigenvalue weighted by Gasteiger charge is -2.36. The molecule has 1 aromatic rings. The molecule has 0 unspecified atom stereocenters. The Balaban J connectivity index is 1.87. The molecule has 2 aliphatic heterocycles. The molecule has 4 nitrogen and oxygen atoms in total. The van der Waals surface area contributed by atoms with Gasteiger partial charge in [-0.15, -0.1) is 0 Å². The van der Waals surface area contributed by atoms with Gasteiger partial charge in [0.15, 0.2) is 11.5 Å². The van der Waals surface area contributed by atoms with E-state index < -0.39 is 12.6 Å². The summed E-state index contributed by atoms with van der Waals surface area (Å²) in [5.74, 6) is 1.07. The van der Waals surface area contributed by atoms with E-state index in [1.165, 1.54) is 0 Å². The largest absolute Gasteiger partial charge is 0.454 e. The predicted octanol–water partition coefficient (Wildman–Crippen LogP) is 3.36. The van der Waals surface area contributed by atoms with Crippen LogP contribution >= 0.6 is 11.6 Å². The zero-order valence-corrected chi connectivity index (χ0v) is 13.2. The summed E-state index contributed by atoms with van der Waals surface area (Å²) in [6.07, 6.45) is -5.05. The first-order valence-corrected chi connectivity index (χ1v) is 7.92. The van der Waals surface area contributed by atoms with Crippen LogP contribution in [0.15, 0.2) is 12.1 Å². The Labute approximate surface area is 137 Å². The summed E-state index contributed by atoms with van der Waals surface area (Å²) in [5, 5.41) is 3.62. The first-order valence-electron chi connectivity index (χ1n) is 7.54. The average Bonchev–Trinajstić information content (AvgIpc) is 2.94. The topological polar surface area (TPSA) is 33.7 Å². The Morgan fingerprint density at radius 3 is 2.48 bits per heavy atom. The van der Waals surface area contributed by atoms with Crippen LogP contribution in [0.2, 0.25) is 5.02 Å². The molecule has 0 saturated carbocycles. The fraction of sp³-hybridized carbons (Fsp3) is 0.600. The van der Waals surface area contributed by atoms with Crippen LogP contribution < -0.4 is 14.8 Å². The molecule has 1 saturated heterocycles. The van der Waals surface area contributed by atoms with Crippen LogP contribution in [-0.2, 0) is 0 Å². The van der Waals surface area contributed by atoms with Gasteiger partial charge in [0.25, 0.3) is 0 Å². The fourth-order valence-electron chi connectivity index (χ4n) is 3.02. The highest BCUT2D eigenvalue weighted by atomic mass is 35.5. The molecule has 0 amide bonds. The van der Waals surface area contributed by atoms with Gasteiger partial charge in [-0.05, 0) is 18.1 Å². The molecule has 128 valence electrons. The lowest BCUT2D eigenvalue weighted by molar-refractivity contribution is -0.138. The number of alkyl halides is 3. The molecule has 0 radical (unpaired) electrons. The van der Waals surface area contributed by atoms with Crippen molar-refractivity contribution in [3.8, 4) is 11.5 Å². The van der Waals surface area contributed by atoms with Crippen molar-refractivity contribution in [3.05, 3.63) is 22.7 Å². The number of ether oxygens (including phenoxy) is 2. The Morgan fingerprint density at radius 2 is 1.83 bits per heavy atom. The van der Waals surface area contributed by atoms with E-state index in [1.54, 1.807) is 12.1 Å². The second-order valence-electron chi connectivity index (χ2n) is 5.68. The molecule has 1 atom stereocenters. The van der Waals surface area contributed by atoms with E-state index in [2.05, 4.69) is 5.32 Å². The summed E-state index contributed by atoms with van der Waals surface area (Å²) in [4.78, 5) is 2.05. The Kier molecular flexibility index (Phi) is 4.89. The standard InChI is InChI=1S/C15H18ClF3N2O2/c16-11-8-14-13(22-9-23-14)7-10(11)12(1-2-15(17,18)19)21-5-3-20-4-6-21/h7-8,12,20H,1-6,9H2/t12-/m0/s1. The Bertz CT molecular complexity index is 562. The van der Waals surface area contributed by atoms with E-state index in [0.29, 0.717) is 35.2 Å². The Hall–Kier alpha value is -1.18. The minimum absolute atomic E-state index is 0.0249. The van der Waals surface area contributed by atoms with Crippen LogP contribution in [-0.4, -0.2) is 44.0 Å². The molecule has 0 spiro atoms. The third kappa shape index (κ3) is 4.02. The maximum absolute atomic E-state index is 12.7. The van der Waals surface area contributed by atoms with Gasteiger partial charge in [0.05, 0.1) is 0 Å². The fourth-order valence-corrected chi connectivity index (χ4v) is 3.30. The quantitative estimate of drug-likeness (QED) is 0.903. The molecule has 0 bridgehead atoms. The van der Waals surface area contributed by atoms with E-state index in [0.717, 1.165) is 13.1 Å². The predicted molar refractivity (Wildman–Crippen MR) is 80.0 cm³/mol. The van der Waals surface area contributed by atoms with Crippen LogP contribution in [0.5, 0.6) is 11.5 Å². The average molecular weight is 351 g/mol. The number of fused-ring (bicyclic) bond motifs is 1. The zero-order valence-electron chi connectivity index (χ0n) is 12.5. The summed E-state index contributed by atoms with van der Waals surface area (Å²) in [6, 6.07) is 2.95. The number of hydrogen-bond donors (Lipinski definition) is 1. The molecule has 0 aliphatic carbocycles. The second kappa shape index (κ2) is 6.75. The van der Waals surface area contributed by atoms with Gasteiger partial charge in [-0.3, -0.25) is 4.90 Å². The van der Waals surface area contributed by atoms with Crippen molar-refractivity contribution in [2.24, 2.45) is 0 Å². The first-order chi connectivity index (χ1) is 10.9. The van der Waals surface area contributed by atoms with E-state index in [4.69, 9.17) is 21.1 Å². The highest BCUT2D eigenvalue weighted by Gasteiger charge is 2.33. The van der Waals surface area contributed by atoms with Crippen molar-refractivity contribution < 1.29 is 22.6 Å². The third-order valence-corrected chi connectivity index (χ3v) is 4.47. The molecule has 2 heterocycles. The molecular weight excluding hydrogens is 333 g/mol. The monoisotopic (exact) mass is 350 g/mol. The van der Waals surface area contributed by atoms with Gasteiger partial charge in [-0.1, -0.05) is 11.6 Å². The number of piperazine rings is 1. The van der Waals surface area contributed by atoms with Crippen molar-refractivity contribution in [1.29, 1.82) is 0 Å². The third-order valence-electron chi connectivity index (χ3n) is 4.14. The molecule has 1 fully saturated rings. The van der Waals surface area contributed by atoms with Gasteiger partial charge in [-0.2, -0.15) is 13.2 Å². The molecule has 8 heteroatoms. The molecule has 23 heavy (non-hydrogen) atoms. The lowest BCUT2D eigenvalue weighted by Crippen LogP contribution is -2.45. The molecule has 3 rings (SSSR count). The summed E-state index contributed by atoms with van der Waals surface area (Å²) in [7, 11) is 0. The zero-order chi connectivity index (χ0) is 16.4. The molecule has 1 N–H and O–H groups in total. The summed E-state index contributed by atoms with van der Waals surface area (Å²) in [5.41, 5.74) is 0.669. The van der Waals surface area contributed by atoms with Gasteiger partial charge in [-0.25, -0.2) is 0 Å². The minimum atomic E-state index is -4.19. The highest BCUT2D eigenvalue weighted by Crippen LogP contribution is 2.42. The van der Waals surface area contributed by atoms with Crippen molar-refractivity contribution >= 4 is 11.6 Å². The minimum Gasteiger partial charge on any atom is -0.454 e. The van der Waals surface area contributed by atoms with Crippen molar-refractivity contribution in [2.75, 3.05) is 33.0 Å². The van der Waals surface area contributed by atoms with E-state index >= 15 is 0 Å². The summed E-state index contributed by atoms with van der Waals surface area (Å²) >= 11 is 6.31. The van der Waals surface area contributed by atoms with Gasteiger partial charge in [0, 0.05) is 49.7 Å². The summed E-state index contributed by atoms with van der Waals surface area (Å²) < 4.78 is 48.7. The van der Waals surface area contributed by atoms with Gasteiger partial charge in [0.2, 0.25) is 6.79 Å². The molecule has 1 aromatic carbocycles. The van der Waals surface area contributed by atoms with Crippen molar-refractivity contribution in [1.82, 2.24) is 10.2 Å². The molecule has 0 aromatic heterocycles. The number of nitrogens with zero attached hydrogens (tertiary/aromatic N) is 1. The van der Waals surface area contributed by atoms with Crippen LogP contribution in [0, 0.1) is 0 Å². The normalized spacial score (nSPS) is 19.8. The lowest BCUT2D eigenvalue weighted by atomic mass is 9.98. The van der Waals surface area contributed by atoms with Crippen LogP contribution in [0.1, 0.15) is 24.4 Å². The van der Waals surface area contributed by atoms with Gasteiger partial charge >= 0.3 is 6.18 Å². The smallest absolute Gasteiger partial charge is 0.389 e. The summed E-state index contributed by atoms with van der Waals surface area (Å²) in [6.45, 7) is 2.99. The number of halogens is 4. The second-order valence-corrected chi connectivity index (χ2v) is 6.09. The Morgan fingerprint density at radius 1 is 1.17 bits per heavy atom. The first kappa shape index (κ1) is 16.7. The number of rotatable bonds is 4. The van der Waals surface area contributed by atoms with Crippen LogP contribution in [0.25, 0.3) is 0 Å². The molecule has 2 aliphatic rings. The maximum Gasteiger partial charge on any atom is 0.389 e. The van der Waals surface area contributed by atoms with E-state index in [-0.39, 0.29) is 19.3 Å². The van der Waals surface area contributed by atoms with Gasteiger partial charge < -0.3 is 14.8 Å². The highest BCUT2D eigenvalue weighted by molar-refractivity contribution is 6.31. The maximum atomic E-state index is 12.7. The number of benzene rings is 1. The van der Waals surface area contributed by atoms with Crippen LogP contribution in [0.3, 0.4) is 0 Å². The number of nitrogens with one attached hydrogen (secondary N) is 1. The number of hydrogen-bond acceptors (Lipinski definition) is 4. The molecular formula is C15H18ClF3N2O2. The van der Waals surface area contributed by atoms with Gasteiger partial charge in [0.1, 0.15) is 0 Å². The van der Waals surface area contributed by atoms with Crippen LogP contribution in [0.4, 0.5) is 13.2 Å². The SMILES string of the molecule is FC(F)(F)CC[C@@H](c1cc2c(cc1Cl)OCO2)N1CCNCC1. The van der Waals surface area contributed by atoms with E-state index in [1.807, 2.05) is 4.90 Å².